The van der Waals surface area contributed by atoms with Crippen LogP contribution >= 0.6 is 10.0 Å². The molecule has 1 saturated heterocycles. The van der Waals surface area contributed by atoms with Crippen molar-refractivity contribution >= 4 is 28.2 Å². The summed E-state index contributed by atoms with van der Waals surface area (Å²) < 4.78 is 0. The van der Waals surface area contributed by atoms with Gasteiger partial charge in [-0.15, -0.1) is 0 Å². The van der Waals surface area contributed by atoms with Gasteiger partial charge in [0.05, 0.1) is 6.07 Å². The summed E-state index contributed by atoms with van der Waals surface area (Å²) >= 11 is 0. The molecule has 8 heteroatoms. The van der Waals surface area contributed by atoms with Crippen molar-refractivity contribution in [2.75, 3.05) is 44.9 Å². The third kappa shape index (κ3) is 12.6. The average molecular weight is 606 g/mol. The summed E-state index contributed by atoms with van der Waals surface area (Å²) in [4.78, 5) is 8.94. The number of aliphatic imine (C=N–C) groups is 2. The van der Waals surface area contributed by atoms with Crippen molar-refractivity contribution in [2.24, 2.45) is 32.7 Å². The van der Waals surface area contributed by atoms with Crippen LogP contribution in [0, 0.1) is 23.2 Å². The van der Waals surface area contributed by atoms with E-state index in [2.05, 4.69) is 84.8 Å². The van der Waals surface area contributed by atoms with Gasteiger partial charge in [-0.25, -0.2) is 10.0 Å². The largest absolute Gasteiger partial charge is 0.324 e. The van der Waals surface area contributed by atoms with Gasteiger partial charge in [-0.1, -0.05) is 64.2 Å². The van der Waals surface area contributed by atoms with Crippen LogP contribution < -0.4 is 11.1 Å². The second kappa shape index (κ2) is 19.3. The van der Waals surface area contributed by atoms with Gasteiger partial charge >= 0.3 is 0 Å². The van der Waals surface area contributed by atoms with Crippen LogP contribution in [0.3, 0.4) is 0 Å². The first-order chi connectivity index (χ1) is 20.7. The second-order valence-corrected chi connectivity index (χ2v) is 15.6. The van der Waals surface area contributed by atoms with Crippen LogP contribution in [0.15, 0.2) is 87.7 Å². The van der Waals surface area contributed by atoms with Crippen LogP contribution in [-0.2, 0) is 0 Å². The van der Waals surface area contributed by atoms with Crippen LogP contribution in [0.1, 0.15) is 52.4 Å². The number of hydrazone groups is 1. The zero-order chi connectivity index (χ0) is 31.7. The number of nitrogens with zero attached hydrogens (tertiary/aromatic N) is 5. The summed E-state index contributed by atoms with van der Waals surface area (Å²) in [5, 5.41) is 19.4. The number of nitrogens with two attached hydrogens (primary N) is 1. The van der Waals surface area contributed by atoms with Gasteiger partial charge in [0.15, 0.2) is 0 Å². The van der Waals surface area contributed by atoms with Crippen LogP contribution in [0.5, 0.6) is 0 Å². The molecular weight excluding hydrogens is 551 g/mol. The summed E-state index contributed by atoms with van der Waals surface area (Å²) in [6, 6.07) is 2.00. The van der Waals surface area contributed by atoms with Crippen molar-refractivity contribution in [2.45, 2.75) is 63.7 Å². The second-order valence-electron chi connectivity index (χ2n) is 11.7. The molecule has 1 aliphatic heterocycles. The molecule has 1 heterocycles. The van der Waals surface area contributed by atoms with Gasteiger partial charge in [-0.05, 0) is 72.6 Å². The van der Waals surface area contributed by atoms with Crippen molar-refractivity contribution in [1.29, 1.82) is 5.26 Å². The zero-order valence-corrected chi connectivity index (χ0v) is 28.0. The lowest BCUT2D eigenvalue weighted by molar-refractivity contribution is 0.451. The predicted molar refractivity (Wildman–Crippen MR) is 191 cm³/mol. The summed E-state index contributed by atoms with van der Waals surface area (Å²) in [5.74, 6) is 4.51. The molecule has 0 spiro atoms. The van der Waals surface area contributed by atoms with E-state index in [1.165, 1.54) is 24.3 Å². The van der Waals surface area contributed by atoms with Crippen molar-refractivity contribution in [3.8, 4) is 6.07 Å². The first-order valence-electron chi connectivity index (χ1n) is 15.6. The molecule has 2 rings (SSSR count). The molecule has 0 bridgehead atoms. The van der Waals surface area contributed by atoms with Crippen molar-refractivity contribution < 1.29 is 0 Å². The highest BCUT2D eigenvalue weighted by Gasteiger charge is 2.47. The fraction of sp³-hybridized carbons (Fsp3) is 0.543. The van der Waals surface area contributed by atoms with E-state index in [9.17, 15) is 0 Å². The van der Waals surface area contributed by atoms with Gasteiger partial charge in [0.2, 0.25) is 0 Å². The standard InChI is InChI=1S/C35H55N7S/c1-8-33(9-2)40-18-12-20-43(27-34(43)24-39-6)26-29(4)21-30(23-38-5)15-16-32(35(37)31-13-10-11-14-31)25-42(7)41-19-17-28(3)22-36/h8,12,15-16,18-19,21,23,25,29,31,34-35,39H,1,3,9-11,13-14,17,20,24,26-27,37H2,2,4-7H3/b16-15+,18-12+,30-21-,32-25+,38-23?,40-33?,41-19-. The molecule has 0 radical (unpaired) electrons. The molecule has 0 aromatic heterocycles. The molecule has 2 fully saturated rings. The molecular formula is C35H55N7S. The first kappa shape index (κ1) is 36.2. The minimum atomic E-state index is -0.732. The number of nitriles is 1. The Morgan fingerprint density at radius 3 is 2.65 bits per heavy atom. The van der Waals surface area contributed by atoms with E-state index in [4.69, 9.17) is 11.0 Å². The Morgan fingerprint density at radius 1 is 1.28 bits per heavy atom. The molecule has 0 aromatic carbocycles. The minimum absolute atomic E-state index is 0.0621. The summed E-state index contributed by atoms with van der Waals surface area (Å²) in [7, 11) is 5.04. The van der Waals surface area contributed by atoms with E-state index in [0.717, 1.165) is 53.7 Å². The highest BCUT2D eigenvalue weighted by atomic mass is 32.3. The number of rotatable bonds is 19. The zero-order valence-electron chi connectivity index (χ0n) is 27.2. The van der Waals surface area contributed by atoms with E-state index < -0.39 is 10.0 Å². The van der Waals surface area contributed by atoms with Gasteiger partial charge in [-0.3, -0.25) is 15.0 Å². The molecule has 0 aromatic rings. The van der Waals surface area contributed by atoms with E-state index in [1.807, 2.05) is 38.8 Å². The van der Waals surface area contributed by atoms with E-state index >= 15 is 0 Å². The van der Waals surface area contributed by atoms with Crippen LogP contribution in [-0.4, -0.2) is 79.4 Å². The summed E-state index contributed by atoms with van der Waals surface area (Å²) in [5.41, 5.74) is 10.5. The highest BCUT2D eigenvalue weighted by molar-refractivity contribution is 8.40. The van der Waals surface area contributed by atoms with Gasteiger partial charge in [0.1, 0.15) is 0 Å². The molecule has 4 unspecified atom stereocenters. The number of nitrogens with one attached hydrogen (secondary N) is 1. The lowest BCUT2D eigenvalue weighted by Crippen LogP contribution is -2.30. The third-order valence-electron chi connectivity index (χ3n) is 8.12. The molecule has 1 aliphatic carbocycles. The predicted octanol–water partition coefficient (Wildman–Crippen LogP) is 6.55. The smallest absolute Gasteiger partial charge is 0.0944 e. The molecule has 1 saturated carbocycles. The number of hydrogen-bond donors (Lipinski definition) is 2. The Balaban J connectivity index is 2.24. The molecule has 7 nitrogen and oxygen atoms in total. The van der Waals surface area contributed by atoms with Gasteiger partial charge in [0.25, 0.3) is 0 Å². The quantitative estimate of drug-likeness (QED) is 0.0573. The molecule has 4 atom stereocenters. The monoisotopic (exact) mass is 605 g/mol. The average Bonchev–Trinajstić information content (AvgIpc) is 3.37. The first-order valence-corrected chi connectivity index (χ1v) is 17.8. The summed E-state index contributed by atoms with van der Waals surface area (Å²) in [6.07, 6.45) is 24.5. The van der Waals surface area contributed by atoms with E-state index in [-0.39, 0.29) is 6.04 Å². The fourth-order valence-corrected chi connectivity index (χ4v) is 10.2. The molecule has 2 aliphatic rings. The van der Waals surface area contributed by atoms with Crippen molar-refractivity contribution in [3.63, 3.8) is 0 Å². The molecule has 3 N–H and O–H groups in total. The minimum Gasteiger partial charge on any atom is -0.324 e. The lowest BCUT2D eigenvalue weighted by atomic mass is 9.92. The maximum absolute atomic E-state index is 8.96. The van der Waals surface area contributed by atoms with Gasteiger partial charge in [-0.2, -0.15) is 10.4 Å². The Hall–Kier alpha value is -2.99. The maximum Gasteiger partial charge on any atom is 0.0944 e. The van der Waals surface area contributed by atoms with E-state index in [1.54, 1.807) is 11.2 Å². The fourth-order valence-electron chi connectivity index (χ4n) is 5.73. The topological polar surface area (TPSA) is 102 Å². The van der Waals surface area contributed by atoms with Gasteiger partial charge in [0, 0.05) is 74.5 Å². The Morgan fingerprint density at radius 2 is 2.02 bits per heavy atom. The Labute approximate surface area is 263 Å². The van der Waals surface area contributed by atoms with Crippen LogP contribution in [0.2, 0.25) is 0 Å². The molecule has 0 amide bonds. The number of hydrogen-bond acceptors (Lipinski definition) is 7. The molecule has 236 valence electrons. The van der Waals surface area contributed by atoms with Crippen molar-refractivity contribution in [3.05, 3.63) is 72.7 Å². The van der Waals surface area contributed by atoms with Crippen molar-refractivity contribution in [1.82, 2.24) is 10.3 Å². The SMILES string of the molecule is C=CC(CC)=N/C=C/CS1(CC(C)/C=C(C=NC)/C=C/C(=C\N(C)/N=C\CC(=C)C#N)C(N)C2CCCC2)CC1CNC. The lowest BCUT2D eigenvalue weighted by Gasteiger charge is -2.24. The normalized spacial score (nSPS) is 25.0. The van der Waals surface area contributed by atoms with Crippen LogP contribution in [0.4, 0.5) is 0 Å². The van der Waals surface area contributed by atoms with Crippen LogP contribution in [0.25, 0.3) is 0 Å². The molecule has 43 heavy (non-hydrogen) atoms. The third-order valence-corrected chi connectivity index (χ3v) is 12.6. The van der Waals surface area contributed by atoms with Gasteiger partial charge < -0.3 is 11.1 Å². The Kier molecular flexibility index (Phi) is 16.3. The maximum atomic E-state index is 8.96. The summed E-state index contributed by atoms with van der Waals surface area (Å²) in [6.45, 7) is 13.1. The number of allylic oxidation sites excluding steroid dienone is 5. The Bertz CT molecular complexity index is 1160. The highest BCUT2D eigenvalue weighted by Crippen LogP contribution is 2.68. The van der Waals surface area contributed by atoms with E-state index in [0.29, 0.717) is 23.8 Å².